The van der Waals surface area contributed by atoms with Crippen molar-refractivity contribution in [3.8, 4) is 11.5 Å². The zero-order valence-electron chi connectivity index (χ0n) is 13.3. The van der Waals surface area contributed by atoms with E-state index in [1.165, 1.54) is 12.8 Å². The Morgan fingerprint density at radius 3 is 2.64 bits per heavy atom. The molecule has 1 fully saturated rings. The Hall–Kier alpha value is -1.75. The van der Waals surface area contributed by atoms with Crippen molar-refractivity contribution in [2.24, 2.45) is 5.92 Å². The zero-order chi connectivity index (χ0) is 15.5. The highest BCUT2D eigenvalue weighted by Crippen LogP contribution is 2.32. The molecule has 0 spiro atoms. The Labute approximate surface area is 131 Å². The SMILES string of the molecule is CC1CCN([C@H](C)C(=O)Nc2ccc3c(c2)OCCO3)CC1. The molecule has 0 aliphatic carbocycles. The molecular weight excluding hydrogens is 280 g/mol. The maximum atomic E-state index is 12.4. The molecule has 2 aliphatic heterocycles. The number of nitrogens with zero attached hydrogens (tertiary/aromatic N) is 1. The third-order valence-electron chi connectivity index (χ3n) is 4.56. The van der Waals surface area contributed by atoms with Gasteiger partial charge in [0.25, 0.3) is 0 Å². The molecule has 120 valence electrons. The normalized spacial score (nSPS) is 20.5. The van der Waals surface area contributed by atoms with Crippen molar-refractivity contribution in [1.29, 1.82) is 0 Å². The Balaban J connectivity index is 1.61. The lowest BCUT2D eigenvalue weighted by Gasteiger charge is -2.34. The van der Waals surface area contributed by atoms with Crippen LogP contribution in [-0.4, -0.2) is 43.2 Å². The predicted octanol–water partition coefficient (Wildman–Crippen LogP) is 2.52. The quantitative estimate of drug-likeness (QED) is 0.932. The van der Waals surface area contributed by atoms with E-state index in [0.717, 1.165) is 30.4 Å². The summed E-state index contributed by atoms with van der Waals surface area (Å²) in [4.78, 5) is 14.7. The summed E-state index contributed by atoms with van der Waals surface area (Å²) in [5.74, 6) is 2.24. The standard InChI is InChI=1S/C17H24N2O3/c1-12-5-7-19(8-6-12)13(2)17(20)18-14-3-4-15-16(11-14)22-10-9-21-15/h3-4,11-13H,5-10H2,1-2H3,(H,18,20)/t13-/m1/s1. The van der Waals surface area contributed by atoms with E-state index in [9.17, 15) is 4.79 Å². The molecule has 1 aromatic rings. The number of hydrogen-bond donors (Lipinski definition) is 1. The number of ether oxygens (including phenoxy) is 2. The van der Waals surface area contributed by atoms with Crippen LogP contribution in [-0.2, 0) is 4.79 Å². The van der Waals surface area contributed by atoms with E-state index in [2.05, 4.69) is 17.1 Å². The number of anilines is 1. The minimum Gasteiger partial charge on any atom is -0.486 e. The summed E-state index contributed by atoms with van der Waals surface area (Å²) in [6, 6.07) is 5.42. The number of carbonyl (C=O) groups is 1. The summed E-state index contributed by atoms with van der Waals surface area (Å²) in [7, 11) is 0. The largest absolute Gasteiger partial charge is 0.486 e. The number of nitrogens with one attached hydrogen (secondary N) is 1. The summed E-state index contributed by atoms with van der Waals surface area (Å²) in [5, 5.41) is 2.98. The average Bonchev–Trinajstić information content (AvgIpc) is 2.55. The highest BCUT2D eigenvalue weighted by atomic mass is 16.6. The molecule has 2 heterocycles. The minimum atomic E-state index is -0.110. The van der Waals surface area contributed by atoms with Gasteiger partial charge in [-0.05, 0) is 50.9 Å². The summed E-state index contributed by atoms with van der Waals surface area (Å²) in [6.45, 7) is 7.37. The Bertz CT molecular complexity index is 539. The maximum absolute atomic E-state index is 12.4. The molecule has 1 atom stereocenters. The molecular formula is C17H24N2O3. The van der Waals surface area contributed by atoms with Gasteiger partial charge in [0, 0.05) is 11.8 Å². The second-order valence-corrected chi connectivity index (χ2v) is 6.24. The lowest BCUT2D eigenvalue weighted by molar-refractivity contribution is -0.121. The van der Waals surface area contributed by atoms with Gasteiger partial charge in [0.2, 0.25) is 5.91 Å². The topological polar surface area (TPSA) is 50.8 Å². The van der Waals surface area contributed by atoms with Crippen LogP contribution in [0.15, 0.2) is 18.2 Å². The number of piperidine rings is 1. The number of likely N-dealkylation sites (tertiary alicyclic amines) is 1. The Morgan fingerprint density at radius 2 is 1.91 bits per heavy atom. The summed E-state index contributed by atoms with van der Waals surface area (Å²) >= 11 is 0. The van der Waals surface area contributed by atoms with Gasteiger partial charge < -0.3 is 14.8 Å². The summed E-state index contributed by atoms with van der Waals surface area (Å²) in [6.07, 6.45) is 2.34. The maximum Gasteiger partial charge on any atom is 0.241 e. The highest BCUT2D eigenvalue weighted by Gasteiger charge is 2.25. The Kier molecular flexibility index (Phi) is 4.52. The van der Waals surface area contributed by atoms with Crippen LogP contribution in [0.3, 0.4) is 0 Å². The van der Waals surface area contributed by atoms with Crippen LogP contribution < -0.4 is 14.8 Å². The molecule has 0 saturated carbocycles. The monoisotopic (exact) mass is 304 g/mol. The molecule has 0 unspecified atom stereocenters. The van der Waals surface area contributed by atoms with Gasteiger partial charge in [-0.2, -0.15) is 0 Å². The fraction of sp³-hybridized carbons (Fsp3) is 0.588. The van der Waals surface area contributed by atoms with Crippen molar-refractivity contribution in [2.45, 2.75) is 32.7 Å². The predicted molar refractivity (Wildman–Crippen MR) is 85.5 cm³/mol. The van der Waals surface area contributed by atoms with Gasteiger partial charge in [-0.3, -0.25) is 9.69 Å². The van der Waals surface area contributed by atoms with Crippen LogP contribution in [0.1, 0.15) is 26.7 Å². The van der Waals surface area contributed by atoms with Crippen molar-refractivity contribution < 1.29 is 14.3 Å². The zero-order valence-corrected chi connectivity index (χ0v) is 13.3. The van der Waals surface area contributed by atoms with Crippen molar-refractivity contribution in [2.75, 3.05) is 31.6 Å². The number of hydrogen-bond acceptors (Lipinski definition) is 4. The molecule has 1 saturated heterocycles. The molecule has 0 radical (unpaired) electrons. The molecule has 1 amide bonds. The molecule has 3 rings (SSSR count). The van der Waals surface area contributed by atoms with Gasteiger partial charge in [-0.1, -0.05) is 6.92 Å². The molecule has 1 N–H and O–H groups in total. The van der Waals surface area contributed by atoms with E-state index in [0.29, 0.717) is 19.0 Å². The van der Waals surface area contributed by atoms with E-state index in [4.69, 9.17) is 9.47 Å². The van der Waals surface area contributed by atoms with Crippen molar-refractivity contribution in [3.63, 3.8) is 0 Å². The first-order valence-corrected chi connectivity index (χ1v) is 8.08. The van der Waals surface area contributed by atoms with Crippen LogP contribution in [0.4, 0.5) is 5.69 Å². The lowest BCUT2D eigenvalue weighted by Crippen LogP contribution is -2.45. The first-order valence-electron chi connectivity index (χ1n) is 8.08. The van der Waals surface area contributed by atoms with Crippen molar-refractivity contribution in [3.05, 3.63) is 18.2 Å². The number of amides is 1. The molecule has 0 bridgehead atoms. The molecule has 0 aromatic heterocycles. The Morgan fingerprint density at radius 1 is 1.23 bits per heavy atom. The van der Waals surface area contributed by atoms with Crippen LogP contribution in [0.25, 0.3) is 0 Å². The van der Waals surface area contributed by atoms with Crippen LogP contribution in [0.2, 0.25) is 0 Å². The lowest BCUT2D eigenvalue weighted by atomic mass is 9.98. The second-order valence-electron chi connectivity index (χ2n) is 6.24. The van der Waals surface area contributed by atoms with Crippen LogP contribution in [0, 0.1) is 5.92 Å². The first-order chi connectivity index (χ1) is 10.6. The van der Waals surface area contributed by atoms with Crippen LogP contribution >= 0.6 is 0 Å². The number of rotatable bonds is 3. The highest BCUT2D eigenvalue weighted by molar-refractivity contribution is 5.94. The number of carbonyl (C=O) groups excluding carboxylic acids is 1. The fourth-order valence-electron chi connectivity index (χ4n) is 2.95. The molecule has 22 heavy (non-hydrogen) atoms. The fourth-order valence-corrected chi connectivity index (χ4v) is 2.95. The number of fused-ring (bicyclic) bond motifs is 1. The van der Waals surface area contributed by atoms with Crippen molar-refractivity contribution >= 4 is 11.6 Å². The minimum absolute atomic E-state index is 0.0335. The van der Waals surface area contributed by atoms with Crippen LogP contribution in [0.5, 0.6) is 11.5 Å². The van der Waals surface area contributed by atoms with E-state index in [1.54, 1.807) is 0 Å². The van der Waals surface area contributed by atoms with Gasteiger partial charge in [-0.15, -0.1) is 0 Å². The average molecular weight is 304 g/mol. The smallest absolute Gasteiger partial charge is 0.241 e. The van der Waals surface area contributed by atoms with Gasteiger partial charge >= 0.3 is 0 Å². The van der Waals surface area contributed by atoms with E-state index in [1.807, 2.05) is 25.1 Å². The van der Waals surface area contributed by atoms with Gasteiger partial charge in [0.15, 0.2) is 11.5 Å². The van der Waals surface area contributed by atoms with E-state index in [-0.39, 0.29) is 11.9 Å². The second kappa shape index (κ2) is 6.57. The van der Waals surface area contributed by atoms with E-state index < -0.39 is 0 Å². The first kappa shape index (κ1) is 15.2. The van der Waals surface area contributed by atoms with Gasteiger partial charge in [0.05, 0.1) is 6.04 Å². The molecule has 2 aliphatic rings. The molecule has 1 aromatic carbocycles. The van der Waals surface area contributed by atoms with Crippen molar-refractivity contribution in [1.82, 2.24) is 4.90 Å². The van der Waals surface area contributed by atoms with Gasteiger partial charge in [-0.25, -0.2) is 0 Å². The number of benzene rings is 1. The molecule has 5 nitrogen and oxygen atoms in total. The van der Waals surface area contributed by atoms with Gasteiger partial charge in [0.1, 0.15) is 13.2 Å². The summed E-state index contributed by atoms with van der Waals surface area (Å²) in [5.41, 5.74) is 0.756. The third-order valence-corrected chi connectivity index (χ3v) is 4.56. The molecule has 5 heteroatoms. The summed E-state index contributed by atoms with van der Waals surface area (Å²) < 4.78 is 11.0. The van der Waals surface area contributed by atoms with E-state index >= 15 is 0 Å². The third kappa shape index (κ3) is 3.35.